The molecule has 8 heteroatoms. The molecular weight excluding hydrogens is 401 g/mol. The number of hydrogen-bond donors (Lipinski definition) is 0. The summed E-state index contributed by atoms with van der Waals surface area (Å²) >= 11 is 0. The van der Waals surface area contributed by atoms with Crippen molar-refractivity contribution in [3.8, 4) is 5.75 Å². The average Bonchev–Trinajstić information content (AvgIpc) is 3.45. The van der Waals surface area contributed by atoms with E-state index in [1.165, 1.54) is 24.1 Å². The number of benzene rings is 2. The summed E-state index contributed by atoms with van der Waals surface area (Å²) in [6.07, 6.45) is 4.99. The van der Waals surface area contributed by atoms with Crippen molar-refractivity contribution < 1.29 is 23.5 Å². The van der Waals surface area contributed by atoms with Crippen molar-refractivity contribution in [2.24, 2.45) is 0 Å². The zero-order chi connectivity index (χ0) is 21.8. The van der Waals surface area contributed by atoms with Gasteiger partial charge in [0.25, 0.3) is 5.91 Å². The van der Waals surface area contributed by atoms with Crippen molar-refractivity contribution in [3.05, 3.63) is 84.2 Å². The van der Waals surface area contributed by atoms with Gasteiger partial charge in [-0.1, -0.05) is 24.3 Å². The molecule has 4 rings (SSSR count). The normalized spacial score (nSPS) is 18.1. The first kappa shape index (κ1) is 20.6. The Morgan fingerprint density at radius 2 is 1.94 bits per heavy atom. The number of ether oxygens (including phenoxy) is 2. The summed E-state index contributed by atoms with van der Waals surface area (Å²) in [4.78, 5) is 30.9. The molecule has 0 aliphatic carbocycles. The van der Waals surface area contributed by atoms with Gasteiger partial charge < -0.3 is 18.9 Å². The predicted molar refractivity (Wildman–Crippen MR) is 110 cm³/mol. The van der Waals surface area contributed by atoms with E-state index in [9.17, 15) is 14.0 Å². The first-order chi connectivity index (χ1) is 15.0. The summed E-state index contributed by atoms with van der Waals surface area (Å²) in [6, 6.07) is 12.5. The van der Waals surface area contributed by atoms with Crippen molar-refractivity contribution in [1.82, 2.24) is 14.5 Å². The minimum atomic E-state index is -0.792. The van der Waals surface area contributed by atoms with E-state index in [0.717, 1.165) is 5.56 Å². The summed E-state index contributed by atoms with van der Waals surface area (Å²) in [7, 11) is 1.28. The first-order valence-electron chi connectivity index (χ1n) is 9.90. The highest BCUT2D eigenvalue weighted by Gasteiger charge is 2.42. The van der Waals surface area contributed by atoms with Gasteiger partial charge in [-0.05, 0) is 29.8 Å². The second-order valence-electron chi connectivity index (χ2n) is 7.33. The van der Waals surface area contributed by atoms with Crippen LogP contribution in [0.5, 0.6) is 5.75 Å². The van der Waals surface area contributed by atoms with Crippen molar-refractivity contribution in [2.45, 2.75) is 25.1 Å². The number of esters is 1. The third kappa shape index (κ3) is 4.58. The fourth-order valence-electron chi connectivity index (χ4n) is 3.70. The van der Waals surface area contributed by atoms with E-state index in [0.29, 0.717) is 12.1 Å². The molecule has 0 N–H and O–H groups in total. The van der Waals surface area contributed by atoms with E-state index < -0.39 is 23.9 Å². The molecule has 3 aromatic rings. The third-order valence-electron chi connectivity index (χ3n) is 5.25. The Labute approximate surface area is 179 Å². The summed E-state index contributed by atoms with van der Waals surface area (Å²) in [6.45, 7) is 0.797. The molecule has 0 spiro atoms. The lowest BCUT2D eigenvalue weighted by Crippen LogP contribution is -2.41. The number of hydrogen-bond acceptors (Lipinski definition) is 5. The number of aromatic nitrogens is 2. The molecule has 1 saturated heterocycles. The molecule has 2 aromatic carbocycles. The lowest BCUT2D eigenvalue weighted by atomic mass is 10.1. The first-order valence-corrected chi connectivity index (χ1v) is 9.90. The minimum Gasteiger partial charge on any atom is -0.485 e. The van der Waals surface area contributed by atoms with Gasteiger partial charge in [-0.2, -0.15) is 0 Å². The number of rotatable bonds is 6. The number of amides is 1. The third-order valence-corrected chi connectivity index (χ3v) is 5.25. The van der Waals surface area contributed by atoms with Gasteiger partial charge in [-0.15, -0.1) is 0 Å². The van der Waals surface area contributed by atoms with Crippen LogP contribution in [0, 0.1) is 5.82 Å². The maximum atomic E-state index is 14.0. The van der Waals surface area contributed by atoms with E-state index in [4.69, 9.17) is 9.47 Å². The fraction of sp³-hybridized carbons (Fsp3) is 0.261. The van der Waals surface area contributed by atoms with E-state index in [1.54, 1.807) is 36.8 Å². The predicted octanol–water partition coefficient (Wildman–Crippen LogP) is 2.91. The quantitative estimate of drug-likeness (QED) is 0.570. The van der Waals surface area contributed by atoms with Gasteiger partial charge in [0.15, 0.2) is 11.6 Å². The van der Waals surface area contributed by atoms with Crippen molar-refractivity contribution >= 4 is 11.9 Å². The van der Waals surface area contributed by atoms with Crippen molar-refractivity contribution in [2.75, 3.05) is 13.7 Å². The van der Waals surface area contributed by atoms with Crippen LogP contribution in [0.3, 0.4) is 0 Å². The van der Waals surface area contributed by atoms with Crippen molar-refractivity contribution in [3.63, 3.8) is 0 Å². The van der Waals surface area contributed by atoms with Crippen LogP contribution in [-0.2, 0) is 16.1 Å². The average molecular weight is 423 g/mol. The van der Waals surface area contributed by atoms with Crippen LogP contribution in [0.1, 0.15) is 22.3 Å². The van der Waals surface area contributed by atoms with E-state index >= 15 is 0 Å². The van der Waals surface area contributed by atoms with Crippen LogP contribution >= 0.6 is 0 Å². The molecule has 2 heterocycles. The van der Waals surface area contributed by atoms with Gasteiger partial charge in [0.05, 0.1) is 20.0 Å². The Balaban J connectivity index is 1.49. The molecular formula is C23H22FN3O4. The Morgan fingerprint density at radius 1 is 1.16 bits per heavy atom. The molecule has 0 unspecified atom stereocenters. The Hall–Kier alpha value is -3.68. The molecule has 0 saturated carbocycles. The topological polar surface area (TPSA) is 73.7 Å². The maximum Gasteiger partial charge on any atom is 0.328 e. The van der Waals surface area contributed by atoms with Gasteiger partial charge in [0, 0.05) is 30.9 Å². The van der Waals surface area contributed by atoms with Gasteiger partial charge in [-0.3, -0.25) is 4.79 Å². The summed E-state index contributed by atoms with van der Waals surface area (Å²) in [5, 5.41) is 0. The Morgan fingerprint density at radius 3 is 2.61 bits per heavy atom. The highest BCUT2D eigenvalue weighted by molar-refractivity contribution is 5.97. The second kappa shape index (κ2) is 8.99. The highest BCUT2D eigenvalue weighted by atomic mass is 19.1. The maximum absolute atomic E-state index is 14.0. The molecule has 7 nitrogen and oxygen atoms in total. The number of imidazole rings is 1. The van der Waals surface area contributed by atoms with Crippen LogP contribution in [0.2, 0.25) is 0 Å². The zero-order valence-corrected chi connectivity index (χ0v) is 17.0. The molecule has 160 valence electrons. The van der Waals surface area contributed by atoms with Crippen LogP contribution < -0.4 is 4.74 Å². The Bertz CT molecular complexity index is 1050. The molecule has 1 aliphatic heterocycles. The van der Waals surface area contributed by atoms with Crippen LogP contribution in [0.25, 0.3) is 0 Å². The molecule has 1 aliphatic rings. The fourth-order valence-corrected chi connectivity index (χ4v) is 3.70. The summed E-state index contributed by atoms with van der Waals surface area (Å²) in [5.74, 6) is -1.22. The van der Waals surface area contributed by atoms with E-state index in [2.05, 4.69) is 4.98 Å². The molecule has 1 fully saturated rings. The van der Waals surface area contributed by atoms with E-state index in [1.807, 2.05) is 22.9 Å². The number of halogens is 1. The SMILES string of the molecule is COC(=O)[C@@H]1C[C@@H](Oc2ccccc2F)CN1C(=O)c1ccc(Cn2ccnc2)cc1. The largest absolute Gasteiger partial charge is 0.485 e. The second-order valence-corrected chi connectivity index (χ2v) is 7.33. The van der Waals surface area contributed by atoms with Gasteiger partial charge in [-0.25, -0.2) is 14.2 Å². The van der Waals surface area contributed by atoms with Gasteiger partial charge in [0.1, 0.15) is 12.1 Å². The van der Waals surface area contributed by atoms with Crippen LogP contribution in [0.15, 0.2) is 67.3 Å². The van der Waals surface area contributed by atoms with Gasteiger partial charge >= 0.3 is 5.97 Å². The van der Waals surface area contributed by atoms with Crippen LogP contribution in [0.4, 0.5) is 4.39 Å². The zero-order valence-electron chi connectivity index (χ0n) is 17.0. The molecule has 0 radical (unpaired) electrons. The highest BCUT2D eigenvalue weighted by Crippen LogP contribution is 2.27. The lowest BCUT2D eigenvalue weighted by Gasteiger charge is -2.22. The number of likely N-dealkylation sites (tertiary alicyclic amines) is 1. The number of carbonyl (C=O) groups excluding carboxylic acids is 2. The molecule has 0 bridgehead atoms. The number of para-hydroxylation sites is 1. The molecule has 1 aromatic heterocycles. The number of nitrogens with zero attached hydrogens (tertiary/aromatic N) is 3. The monoisotopic (exact) mass is 423 g/mol. The number of carbonyl (C=O) groups is 2. The Kier molecular flexibility index (Phi) is 5.97. The smallest absolute Gasteiger partial charge is 0.328 e. The minimum absolute atomic E-state index is 0.0919. The number of methoxy groups -OCH3 is 1. The standard InChI is InChI=1S/C23H22FN3O4/c1-30-23(29)20-12-18(31-21-5-3-2-4-19(21)24)14-27(20)22(28)17-8-6-16(7-9-17)13-26-11-10-25-15-26/h2-11,15,18,20H,12-14H2,1H3/t18-,20+/m1/s1. The molecule has 31 heavy (non-hydrogen) atoms. The van der Waals surface area contributed by atoms with Crippen molar-refractivity contribution in [1.29, 1.82) is 0 Å². The molecule has 2 atom stereocenters. The molecule has 1 amide bonds. The van der Waals surface area contributed by atoms with Gasteiger partial charge in [0.2, 0.25) is 0 Å². The van der Waals surface area contributed by atoms with E-state index in [-0.39, 0.29) is 24.6 Å². The summed E-state index contributed by atoms with van der Waals surface area (Å²) in [5.41, 5.74) is 1.47. The lowest BCUT2D eigenvalue weighted by molar-refractivity contribution is -0.145. The summed E-state index contributed by atoms with van der Waals surface area (Å²) < 4.78 is 26.5. The van der Waals surface area contributed by atoms with Crippen LogP contribution in [-0.4, -0.2) is 52.1 Å².